The number of fused-ring (bicyclic) bond motifs is 1. The number of sulfone groups is 1. The van der Waals surface area contributed by atoms with Crippen molar-refractivity contribution in [2.75, 3.05) is 29.6 Å². The fourth-order valence-electron chi connectivity index (χ4n) is 5.02. The zero-order valence-corrected chi connectivity index (χ0v) is 23.8. The number of aromatic nitrogens is 4. The maximum Gasteiger partial charge on any atom is 0.229 e. The Balaban J connectivity index is 1.40. The summed E-state index contributed by atoms with van der Waals surface area (Å²) in [4.78, 5) is 16.9. The van der Waals surface area contributed by atoms with Crippen molar-refractivity contribution < 1.29 is 8.42 Å². The molecule has 1 aliphatic heterocycles. The number of hydrogen-bond donors (Lipinski definition) is 1. The summed E-state index contributed by atoms with van der Waals surface area (Å²) >= 11 is 0. The number of rotatable bonds is 5. The quantitative estimate of drug-likeness (QED) is 0.363. The summed E-state index contributed by atoms with van der Waals surface area (Å²) in [6.45, 7) is 10.4. The molecule has 0 saturated carbocycles. The number of imidazole rings is 1. The first kappa shape index (κ1) is 26.2. The van der Waals surface area contributed by atoms with Gasteiger partial charge in [-0.3, -0.25) is 0 Å². The van der Waals surface area contributed by atoms with E-state index in [0.29, 0.717) is 22.4 Å². The lowest BCUT2D eigenvalue weighted by Gasteiger charge is -2.32. The lowest BCUT2D eigenvalue weighted by atomic mass is 9.86. The molecule has 1 fully saturated rings. The Kier molecular flexibility index (Phi) is 6.67. The standard InChI is InChI=1S/C29H36N6O2S/c1-19-7-10-22(29(2,3)4)17-24(19)31-27-25-26(30-18-34(25)5)32-28(33-27)35-15-13-21(14-16-35)20-8-11-23(12-9-20)38(6,36)37/h7-12,17-18,21H,13-16H2,1-6H3,(H,31,32,33). The number of anilines is 3. The molecule has 200 valence electrons. The van der Waals surface area contributed by atoms with Crippen LogP contribution in [-0.2, 0) is 22.3 Å². The normalized spacial score (nSPS) is 15.3. The number of nitrogens with one attached hydrogen (secondary N) is 1. The van der Waals surface area contributed by atoms with Gasteiger partial charge in [0, 0.05) is 32.1 Å². The molecule has 5 rings (SSSR count). The van der Waals surface area contributed by atoms with Crippen molar-refractivity contribution >= 4 is 38.5 Å². The van der Waals surface area contributed by atoms with Gasteiger partial charge >= 0.3 is 0 Å². The number of piperidine rings is 1. The predicted octanol–water partition coefficient (Wildman–Crippen LogP) is 5.50. The number of hydrogen-bond acceptors (Lipinski definition) is 7. The monoisotopic (exact) mass is 532 g/mol. The van der Waals surface area contributed by atoms with Crippen LogP contribution < -0.4 is 10.2 Å². The van der Waals surface area contributed by atoms with Gasteiger partial charge in [-0.2, -0.15) is 9.97 Å². The van der Waals surface area contributed by atoms with Crippen LogP contribution in [0, 0.1) is 6.92 Å². The predicted molar refractivity (Wildman–Crippen MR) is 153 cm³/mol. The van der Waals surface area contributed by atoms with Crippen LogP contribution in [-0.4, -0.2) is 47.3 Å². The topological polar surface area (TPSA) is 93.0 Å². The Hall–Kier alpha value is -3.46. The van der Waals surface area contributed by atoms with E-state index in [1.54, 1.807) is 18.5 Å². The summed E-state index contributed by atoms with van der Waals surface area (Å²) in [5.41, 5.74) is 6.19. The molecule has 38 heavy (non-hydrogen) atoms. The van der Waals surface area contributed by atoms with Gasteiger partial charge in [-0.25, -0.2) is 13.4 Å². The van der Waals surface area contributed by atoms with Gasteiger partial charge in [-0.05, 0) is 66.0 Å². The molecular formula is C29H36N6O2S. The first-order valence-electron chi connectivity index (χ1n) is 13.0. The van der Waals surface area contributed by atoms with E-state index in [-0.39, 0.29) is 5.41 Å². The highest BCUT2D eigenvalue weighted by Crippen LogP contribution is 2.33. The molecule has 0 unspecified atom stereocenters. The fourth-order valence-corrected chi connectivity index (χ4v) is 5.66. The highest BCUT2D eigenvalue weighted by molar-refractivity contribution is 7.90. The van der Waals surface area contributed by atoms with E-state index in [1.165, 1.54) is 17.4 Å². The lowest BCUT2D eigenvalue weighted by Crippen LogP contribution is -2.34. The summed E-state index contributed by atoms with van der Waals surface area (Å²) in [6.07, 6.45) is 4.90. The van der Waals surface area contributed by atoms with E-state index in [0.717, 1.165) is 48.5 Å². The molecule has 0 radical (unpaired) electrons. The molecule has 2 aromatic carbocycles. The Bertz CT molecular complexity index is 1580. The van der Waals surface area contributed by atoms with Crippen molar-refractivity contribution in [3.05, 3.63) is 65.5 Å². The Morgan fingerprint density at radius 1 is 1.00 bits per heavy atom. The third kappa shape index (κ3) is 5.25. The minimum atomic E-state index is -3.19. The minimum Gasteiger partial charge on any atom is -0.341 e. The van der Waals surface area contributed by atoms with Crippen molar-refractivity contribution in [2.45, 2.75) is 56.8 Å². The molecule has 2 aromatic heterocycles. The molecule has 0 atom stereocenters. The number of nitrogens with zero attached hydrogens (tertiary/aromatic N) is 5. The van der Waals surface area contributed by atoms with E-state index in [2.05, 4.69) is 61.1 Å². The molecular weight excluding hydrogens is 496 g/mol. The summed E-state index contributed by atoms with van der Waals surface area (Å²) in [5.74, 6) is 1.80. The SMILES string of the molecule is Cc1ccc(C(C)(C)C)cc1Nc1nc(N2CCC(c3ccc(S(C)(=O)=O)cc3)CC2)nc2ncn(C)c12. The average molecular weight is 533 g/mol. The van der Waals surface area contributed by atoms with E-state index >= 15 is 0 Å². The van der Waals surface area contributed by atoms with E-state index in [1.807, 2.05) is 23.7 Å². The zero-order chi connectivity index (χ0) is 27.2. The van der Waals surface area contributed by atoms with Crippen LogP contribution in [0.4, 0.5) is 17.5 Å². The van der Waals surface area contributed by atoms with Crippen LogP contribution >= 0.6 is 0 Å². The molecule has 8 nitrogen and oxygen atoms in total. The smallest absolute Gasteiger partial charge is 0.229 e. The van der Waals surface area contributed by atoms with Crippen molar-refractivity contribution in [1.82, 2.24) is 19.5 Å². The maximum absolute atomic E-state index is 11.8. The largest absolute Gasteiger partial charge is 0.341 e. The first-order valence-corrected chi connectivity index (χ1v) is 14.9. The summed E-state index contributed by atoms with van der Waals surface area (Å²) in [7, 11) is -1.23. The number of benzene rings is 2. The maximum atomic E-state index is 11.8. The molecule has 1 aliphatic rings. The van der Waals surface area contributed by atoms with Crippen molar-refractivity contribution in [3.63, 3.8) is 0 Å². The van der Waals surface area contributed by atoms with Gasteiger partial charge in [-0.15, -0.1) is 0 Å². The second-order valence-corrected chi connectivity index (χ2v) is 13.4. The average Bonchev–Trinajstić information content (AvgIpc) is 3.25. The van der Waals surface area contributed by atoms with Gasteiger partial charge < -0.3 is 14.8 Å². The van der Waals surface area contributed by atoms with Gasteiger partial charge in [0.1, 0.15) is 5.52 Å². The van der Waals surface area contributed by atoms with E-state index in [4.69, 9.17) is 9.97 Å². The van der Waals surface area contributed by atoms with Gasteiger partial charge in [0.2, 0.25) is 5.95 Å². The van der Waals surface area contributed by atoms with E-state index in [9.17, 15) is 8.42 Å². The van der Waals surface area contributed by atoms with Gasteiger partial charge in [-0.1, -0.05) is 45.0 Å². The van der Waals surface area contributed by atoms with Gasteiger partial charge in [0.25, 0.3) is 0 Å². The van der Waals surface area contributed by atoms with Gasteiger partial charge in [0.05, 0.1) is 11.2 Å². The second kappa shape index (κ2) is 9.69. The minimum absolute atomic E-state index is 0.0400. The van der Waals surface area contributed by atoms with Crippen molar-refractivity contribution in [1.29, 1.82) is 0 Å². The summed E-state index contributed by atoms with van der Waals surface area (Å²) in [5, 5.41) is 3.60. The number of aryl methyl sites for hydroxylation is 2. The molecule has 0 spiro atoms. The molecule has 9 heteroatoms. The van der Waals surface area contributed by atoms with Crippen LogP contribution in [0.25, 0.3) is 11.2 Å². The lowest BCUT2D eigenvalue weighted by molar-refractivity contribution is 0.499. The Morgan fingerprint density at radius 3 is 2.32 bits per heavy atom. The van der Waals surface area contributed by atoms with Crippen LogP contribution in [0.5, 0.6) is 0 Å². The molecule has 0 aliphatic carbocycles. The highest BCUT2D eigenvalue weighted by Gasteiger charge is 2.25. The third-order valence-electron chi connectivity index (χ3n) is 7.47. The van der Waals surface area contributed by atoms with Crippen molar-refractivity contribution in [2.24, 2.45) is 7.05 Å². The summed E-state index contributed by atoms with van der Waals surface area (Å²) in [6, 6.07) is 13.9. The summed E-state index contributed by atoms with van der Waals surface area (Å²) < 4.78 is 25.6. The zero-order valence-electron chi connectivity index (χ0n) is 23.0. The second-order valence-electron chi connectivity index (χ2n) is 11.4. The molecule has 1 N–H and O–H groups in total. The molecule has 0 amide bonds. The Labute approximate surface area is 225 Å². The Morgan fingerprint density at radius 2 is 1.68 bits per heavy atom. The van der Waals surface area contributed by atoms with Crippen molar-refractivity contribution in [3.8, 4) is 0 Å². The van der Waals surface area contributed by atoms with Crippen LogP contribution in [0.3, 0.4) is 0 Å². The highest BCUT2D eigenvalue weighted by atomic mass is 32.2. The first-order chi connectivity index (χ1) is 17.9. The van der Waals surface area contributed by atoms with Crippen LogP contribution in [0.15, 0.2) is 53.7 Å². The molecule has 0 bridgehead atoms. The molecule has 3 heterocycles. The fraction of sp³-hybridized carbons (Fsp3) is 0.414. The third-order valence-corrected chi connectivity index (χ3v) is 8.60. The van der Waals surface area contributed by atoms with Gasteiger partial charge in [0.15, 0.2) is 21.3 Å². The molecule has 1 saturated heterocycles. The van der Waals surface area contributed by atoms with Crippen LogP contribution in [0.1, 0.15) is 56.2 Å². The molecule has 4 aromatic rings. The van der Waals surface area contributed by atoms with Crippen LogP contribution in [0.2, 0.25) is 0 Å². The van der Waals surface area contributed by atoms with E-state index < -0.39 is 9.84 Å².